The molecule has 0 atom stereocenters. The highest BCUT2D eigenvalue weighted by Gasteiger charge is 2.38. The maximum Gasteiger partial charge on any atom is 0.422 e. The van der Waals surface area contributed by atoms with Gasteiger partial charge in [0.05, 0.1) is 7.11 Å². The molecule has 0 N–H and O–H groups in total. The lowest BCUT2D eigenvalue weighted by atomic mass is 10.00. The van der Waals surface area contributed by atoms with E-state index in [2.05, 4.69) is 0 Å². The Morgan fingerprint density at radius 1 is 1.33 bits per heavy atom. The summed E-state index contributed by atoms with van der Waals surface area (Å²) in [6.45, 7) is 1.60. The first kappa shape index (κ1) is 16.4. The van der Waals surface area contributed by atoms with Gasteiger partial charge in [0.2, 0.25) is 0 Å². The van der Waals surface area contributed by atoms with E-state index in [1.807, 2.05) is 0 Å². The van der Waals surface area contributed by atoms with Crippen LogP contribution in [0.5, 0.6) is 5.75 Å². The zero-order chi connectivity index (χ0) is 17.1. The fourth-order valence-electron chi connectivity index (χ4n) is 2.76. The summed E-state index contributed by atoms with van der Waals surface area (Å²) < 4.78 is 28.7. The zero-order valence-electron chi connectivity index (χ0n) is 13.3. The zero-order valence-corrected chi connectivity index (χ0v) is 13.3. The van der Waals surface area contributed by atoms with Crippen molar-refractivity contribution in [2.24, 2.45) is 5.92 Å². The molecule has 2 saturated heterocycles. The Kier molecular flexibility index (Phi) is 4.80. The summed E-state index contributed by atoms with van der Waals surface area (Å²) in [5.74, 6) is -0.772. The molecular formula is C17H18FNO5. The lowest BCUT2D eigenvalue weighted by Gasteiger charge is -2.24. The van der Waals surface area contributed by atoms with Crippen LogP contribution in [-0.4, -0.2) is 43.8 Å². The monoisotopic (exact) mass is 335 g/mol. The number of methoxy groups -OCH3 is 1. The number of nitrogens with zero attached hydrogens (tertiary/aromatic N) is 1. The summed E-state index contributed by atoms with van der Waals surface area (Å²) in [6, 6.07) is 4.14. The molecule has 0 spiro atoms. The third kappa shape index (κ3) is 3.41. The highest BCUT2D eigenvalue weighted by molar-refractivity contribution is 6.09. The topological polar surface area (TPSA) is 65.1 Å². The molecule has 2 heterocycles. The van der Waals surface area contributed by atoms with E-state index < -0.39 is 17.8 Å². The second-order valence-electron chi connectivity index (χ2n) is 5.74. The fourth-order valence-corrected chi connectivity index (χ4v) is 2.76. The van der Waals surface area contributed by atoms with Crippen LogP contribution in [0.3, 0.4) is 0 Å². The minimum absolute atomic E-state index is 0.0557. The number of benzene rings is 1. The molecule has 3 rings (SSSR count). The van der Waals surface area contributed by atoms with E-state index in [-0.39, 0.29) is 17.4 Å². The molecule has 0 saturated carbocycles. The first-order valence-electron chi connectivity index (χ1n) is 7.75. The van der Waals surface area contributed by atoms with Crippen molar-refractivity contribution in [2.75, 3.05) is 26.9 Å². The lowest BCUT2D eigenvalue weighted by molar-refractivity contribution is -0.123. The van der Waals surface area contributed by atoms with Gasteiger partial charge in [0, 0.05) is 19.8 Å². The molecule has 2 fully saturated rings. The summed E-state index contributed by atoms with van der Waals surface area (Å²) in [4.78, 5) is 25.5. The van der Waals surface area contributed by atoms with E-state index in [1.54, 1.807) is 0 Å². The Labute approximate surface area is 138 Å². The average molecular weight is 335 g/mol. The summed E-state index contributed by atoms with van der Waals surface area (Å²) in [5.41, 5.74) is 0.511. The third-order valence-electron chi connectivity index (χ3n) is 4.13. The largest absolute Gasteiger partial charge is 0.494 e. The Hall–Kier alpha value is -2.41. The van der Waals surface area contributed by atoms with Crippen molar-refractivity contribution in [3.63, 3.8) is 0 Å². The van der Waals surface area contributed by atoms with E-state index in [4.69, 9.17) is 14.2 Å². The SMILES string of the molecule is COc1cc(/C=C2\OC(=O)N(CC3CCOCC3)C2=O)ccc1F. The highest BCUT2D eigenvalue weighted by atomic mass is 19.1. The number of cyclic esters (lactones) is 1. The Balaban J connectivity index is 1.75. The van der Waals surface area contributed by atoms with Crippen LogP contribution in [0.2, 0.25) is 0 Å². The number of hydrogen-bond donors (Lipinski definition) is 0. The predicted molar refractivity (Wildman–Crippen MR) is 82.7 cm³/mol. The first-order chi connectivity index (χ1) is 11.6. The molecule has 0 radical (unpaired) electrons. The summed E-state index contributed by atoms with van der Waals surface area (Å²) >= 11 is 0. The van der Waals surface area contributed by atoms with Crippen molar-refractivity contribution in [3.8, 4) is 5.75 Å². The summed E-state index contributed by atoms with van der Waals surface area (Å²) in [7, 11) is 1.35. The van der Waals surface area contributed by atoms with E-state index >= 15 is 0 Å². The number of hydrogen-bond acceptors (Lipinski definition) is 5. The van der Waals surface area contributed by atoms with Crippen LogP contribution in [0.1, 0.15) is 18.4 Å². The first-order valence-corrected chi connectivity index (χ1v) is 7.75. The van der Waals surface area contributed by atoms with Crippen LogP contribution in [0, 0.1) is 11.7 Å². The van der Waals surface area contributed by atoms with Crippen LogP contribution in [0.15, 0.2) is 24.0 Å². The van der Waals surface area contributed by atoms with Gasteiger partial charge in [-0.15, -0.1) is 0 Å². The van der Waals surface area contributed by atoms with Crippen LogP contribution in [0.25, 0.3) is 6.08 Å². The van der Waals surface area contributed by atoms with Gasteiger partial charge in [-0.05, 0) is 42.5 Å². The molecular weight excluding hydrogens is 317 g/mol. The second-order valence-corrected chi connectivity index (χ2v) is 5.74. The number of imide groups is 1. The third-order valence-corrected chi connectivity index (χ3v) is 4.13. The van der Waals surface area contributed by atoms with Crippen molar-refractivity contribution in [1.82, 2.24) is 4.90 Å². The van der Waals surface area contributed by atoms with Gasteiger partial charge in [-0.3, -0.25) is 4.79 Å². The Bertz CT molecular complexity index is 682. The van der Waals surface area contributed by atoms with Crippen molar-refractivity contribution < 1.29 is 28.2 Å². The molecule has 128 valence electrons. The minimum atomic E-state index is -0.674. The maximum atomic E-state index is 13.4. The minimum Gasteiger partial charge on any atom is -0.494 e. The molecule has 2 amide bonds. The quantitative estimate of drug-likeness (QED) is 0.791. The standard InChI is InChI=1S/C17H18FNO5/c1-22-14-8-12(2-3-13(14)18)9-15-16(20)19(17(21)24-15)10-11-4-6-23-7-5-11/h2-3,8-9,11H,4-7,10H2,1H3/b15-9-. The predicted octanol–water partition coefficient (Wildman–Crippen LogP) is 2.58. The van der Waals surface area contributed by atoms with Gasteiger partial charge in [-0.2, -0.15) is 0 Å². The number of ether oxygens (including phenoxy) is 3. The molecule has 6 nitrogen and oxygen atoms in total. The van der Waals surface area contributed by atoms with Crippen molar-refractivity contribution in [1.29, 1.82) is 0 Å². The molecule has 2 aliphatic rings. The molecule has 2 aliphatic heterocycles. The van der Waals surface area contributed by atoms with Crippen molar-refractivity contribution >= 4 is 18.1 Å². The van der Waals surface area contributed by atoms with Gasteiger partial charge >= 0.3 is 6.09 Å². The van der Waals surface area contributed by atoms with Crippen molar-refractivity contribution in [3.05, 3.63) is 35.3 Å². The molecule has 7 heteroatoms. The number of carbonyl (C=O) groups excluding carboxylic acids is 2. The van der Waals surface area contributed by atoms with Gasteiger partial charge in [-0.25, -0.2) is 14.1 Å². The molecule has 0 aromatic heterocycles. The number of halogens is 1. The summed E-state index contributed by atoms with van der Waals surface area (Å²) in [6.07, 6.45) is 2.36. The number of rotatable bonds is 4. The van der Waals surface area contributed by atoms with Crippen LogP contribution >= 0.6 is 0 Å². The Morgan fingerprint density at radius 3 is 2.79 bits per heavy atom. The normalized spacial score (nSPS) is 20.6. The number of amides is 2. The van der Waals surface area contributed by atoms with E-state index in [1.165, 1.54) is 31.4 Å². The van der Waals surface area contributed by atoms with Crippen LogP contribution in [0.4, 0.5) is 9.18 Å². The van der Waals surface area contributed by atoms with Gasteiger partial charge in [0.25, 0.3) is 5.91 Å². The highest BCUT2D eigenvalue weighted by Crippen LogP contribution is 2.25. The van der Waals surface area contributed by atoms with Crippen LogP contribution in [-0.2, 0) is 14.3 Å². The molecule has 1 aromatic rings. The van der Waals surface area contributed by atoms with Gasteiger partial charge < -0.3 is 14.2 Å². The maximum absolute atomic E-state index is 13.4. The van der Waals surface area contributed by atoms with Gasteiger partial charge in [0.1, 0.15) is 0 Å². The van der Waals surface area contributed by atoms with E-state index in [9.17, 15) is 14.0 Å². The molecule has 0 aliphatic carbocycles. The molecule has 1 aromatic carbocycles. The van der Waals surface area contributed by atoms with Crippen molar-refractivity contribution in [2.45, 2.75) is 12.8 Å². The van der Waals surface area contributed by atoms with Gasteiger partial charge in [-0.1, -0.05) is 6.07 Å². The average Bonchev–Trinajstić information content (AvgIpc) is 2.85. The smallest absolute Gasteiger partial charge is 0.422 e. The number of carbonyl (C=O) groups is 2. The second kappa shape index (κ2) is 7.00. The van der Waals surface area contributed by atoms with E-state index in [0.29, 0.717) is 25.3 Å². The molecule has 0 unspecified atom stereocenters. The molecule has 0 bridgehead atoms. The fraction of sp³-hybridized carbons (Fsp3) is 0.412. The van der Waals surface area contributed by atoms with Crippen LogP contribution < -0.4 is 4.74 Å². The van der Waals surface area contributed by atoms with Gasteiger partial charge in [0.15, 0.2) is 17.3 Å². The Morgan fingerprint density at radius 2 is 2.08 bits per heavy atom. The lowest BCUT2D eigenvalue weighted by Crippen LogP contribution is -2.35. The van der Waals surface area contributed by atoms with E-state index in [0.717, 1.165) is 17.7 Å². The summed E-state index contributed by atoms with van der Waals surface area (Å²) in [5, 5.41) is 0. The molecule has 24 heavy (non-hydrogen) atoms.